The summed E-state index contributed by atoms with van der Waals surface area (Å²) in [5, 5.41) is 3.61. The van der Waals surface area contributed by atoms with Crippen molar-refractivity contribution in [1.82, 2.24) is 0 Å². The molecule has 1 aromatic carbocycles. The lowest BCUT2D eigenvalue weighted by molar-refractivity contribution is 0.0383. The second kappa shape index (κ2) is 6.91. The van der Waals surface area contributed by atoms with Crippen molar-refractivity contribution in [1.29, 1.82) is 0 Å². The average Bonchev–Trinajstić information content (AvgIpc) is 2.78. The molecule has 0 radical (unpaired) electrons. The molecule has 1 unspecified atom stereocenters. The van der Waals surface area contributed by atoms with Crippen LogP contribution in [0.4, 0.5) is 0 Å². The lowest BCUT2D eigenvalue weighted by atomic mass is 10.2. The first kappa shape index (κ1) is 15.8. The standard InChI is InChI=1S/C13H17N3O4S/c1-21(17,18)20-13-8-11(7-12(13)15-16-14)19-9-10-5-3-2-4-6-10/h2-6,11-13H,7-9H2,1H3/t11-,12?,13-/m1/s1. The van der Waals surface area contributed by atoms with Crippen LogP contribution in [-0.4, -0.2) is 32.9 Å². The molecular weight excluding hydrogens is 294 g/mol. The summed E-state index contributed by atoms with van der Waals surface area (Å²) < 4.78 is 33.2. The smallest absolute Gasteiger partial charge is 0.264 e. The molecule has 8 heteroatoms. The van der Waals surface area contributed by atoms with Gasteiger partial charge < -0.3 is 4.74 Å². The molecule has 0 saturated heterocycles. The van der Waals surface area contributed by atoms with Gasteiger partial charge in [-0.2, -0.15) is 8.42 Å². The molecule has 1 aromatic rings. The number of hydrogen-bond donors (Lipinski definition) is 0. The zero-order chi connectivity index (χ0) is 15.3. The van der Waals surface area contributed by atoms with Gasteiger partial charge >= 0.3 is 0 Å². The zero-order valence-corrected chi connectivity index (χ0v) is 12.4. The van der Waals surface area contributed by atoms with Crippen LogP contribution in [0.2, 0.25) is 0 Å². The molecule has 0 amide bonds. The van der Waals surface area contributed by atoms with Crippen LogP contribution in [0.3, 0.4) is 0 Å². The molecule has 0 N–H and O–H groups in total. The Morgan fingerprint density at radius 3 is 2.67 bits per heavy atom. The number of hydrogen-bond acceptors (Lipinski definition) is 5. The van der Waals surface area contributed by atoms with Gasteiger partial charge in [0.25, 0.3) is 10.1 Å². The van der Waals surface area contributed by atoms with E-state index < -0.39 is 22.3 Å². The molecule has 0 aromatic heterocycles. The SMILES string of the molecule is CS(=O)(=O)O[C@@H]1C[C@H](OCc2ccccc2)CC1N=[N+]=[N-]. The van der Waals surface area contributed by atoms with Crippen LogP contribution in [0.15, 0.2) is 35.4 Å². The van der Waals surface area contributed by atoms with Crippen molar-refractivity contribution in [3.05, 3.63) is 46.3 Å². The van der Waals surface area contributed by atoms with Crippen molar-refractivity contribution in [3.8, 4) is 0 Å². The summed E-state index contributed by atoms with van der Waals surface area (Å²) in [5.41, 5.74) is 9.58. The fourth-order valence-corrected chi connectivity index (χ4v) is 3.03. The quantitative estimate of drug-likeness (QED) is 0.348. The van der Waals surface area contributed by atoms with E-state index in [-0.39, 0.29) is 6.10 Å². The van der Waals surface area contributed by atoms with E-state index in [2.05, 4.69) is 10.0 Å². The van der Waals surface area contributed by atoms with Gasteiger partial charge in [0.15, 0.2) is 0 Å². The average molecular weight is 311 g/mol. The first-order chi connectivity index (χ1) is 9.98. The van der Waals surface area contributed by atoms with E-state index in [1.165, 1.54) is 0 Å². The van der Waals surface area contributed by atoms with E-state index in [1.54, 1.807) is 0 Å². The minimum absolute atomic E-state index is 0.188. The Morgan fingerprint density at radius 1 is 1.33 bits per heavy atom. The summed E-state index contributed by atoms with van der Waals surface area (Å²) in [6, 6.07) is 9.14. The Hall–Kier alpha value is -1.60. The van der Waals surface area contributed by atoms with Gasteiger partial charge in [0.1, 0.15) is 0 Å². The lowest BCUT2D eigenvalue weighted by Gasteiger charge is -2.13. The first-order valence-electron chi connectivity index (χ1n) is 6.56. The van der Waals surface area contributed by atoms with Crippen LogP contribution in [0.1, 0.15) is 18.4 Å². The van der Waals surface area contributed by atoms with Crippen LogP contribution in [-0.2, 0) is 25.6 Å². The number of azide groups is 1. The normalized spacial score (nSPS) is 25.5. The highest BCUT2D eigenvalue weighted by atomic mass is 32.2. The third-order valence-electron chi connectivity index (χ3n) is 3.26. The summed E-state index contributed by atoms with van der Waals surface area (Å²) in [6.07, 6.45) is 0.989. The maximum Gasteiger partial charge on any atom is 0.264 e. The summed E-state index contributed by atoms with van der Waals surface area (Å²) in [7, 11) is -3.59. The van der Waals surface area contributed by atoms with Gasteiger partial charge in [-0.1, -0.05) is 35.4 Å². The molecular formula is C13H17N3O4S. The van der Waals surface area contributed by atoms with Crippen molar-refractivity contribution in [2.24, 2.45) is 5.11 Å². The number of rotatable bonds is 6. The van der Waals surface area contributed by atoms with Gasteiger partial charge in [0, 0.05) is 11.3 Å². The van der Waals surface area contributed by atoms with Gasteiger partial charge in [0.2, 0.25) is 0 Å². The van der Waals surface area contributed by atoms with E-state index in [0.717, 1.165) is 11.8 Å². The Balaban J connectivity index is 1.95. The van der Waals surface area contributed by atoms with E-state index in [4.69, 9.17) is 14.5 Å². The fraction of sp³-hybridized carbons (Fsp3) is 0.538. The summed E-state index contributed by atoms with van der Waals surface area (Å²) >= 11 is 0. The molecule has 7 nitrogen and oxygen atoms in total. The van der Waals surface area contributed by atoms with Crippen LogP contribution in [0.5, 0.6) is 0 Å². The zero-order valence-electron chi connectivity index (χ0n) is 11.6. The lowest BCUT2D eigenvalue weighted by Crippen LogP contribution is -2.24. The second-order valence-corrected chi connectivity index (χ2v) is 6.60. The molecule has 2 rings (SSSR count). The Morgan fingerprint density at radius 2 is 2.05 bits per heavy atom. The maximum atomic E-state index is 11.2. The van der Waals surface area contributed by atoms with Crippen molar-refractivity contribution >= 4 is 10.1 Å². The van der Waals surface area contributed by atoms with Gasteiger partial charge in [-0.3, -0.25) is 4.18 Å². The molecule has 0 heterocycles. The van der Waals surface area contributed by atoms with Crippen molar-refractivity contribution < 1.29 is 17.3 Å². The molecule has 0 aliphatic heterocycles. The van der Waals surface area contributed by atoms with Crippen LogP contribution in [0, 0.1) is 0 Å². The maximum absolute atomic E-state index is 11.2. The summed E-state index contributed by atoms with van der Waals surface area (Å²) in [4.78, 5) is 2.75. The van der Waals surface area contributed by atoms with Crippen molar-refractivity contribution in [2.45, 2.75) is 37.7 Å². The third kappa shape index (κ3) is 5.02. The van der Waals surface area contributed by atoms with Crippen LogP contribution >= 0.6 is 0 Å². The number of nitrogens with zero attached hydrogens (tertiary/aromatic N) is 3. The third-order valence-corrected chi connectivity index (χ3v) is 3.85. The largest absolute Gasteiger partial charge is 0.373 e. The first-order valence-corrected chi connectivity index (χ1v) is 8.37. The fourth-order valence-electron chi connectivity index (χ4n) is 2.37. The van der Waals surface area contributed by atoms with E-state index >= 15 is 0 Å². The highest BCUT2D eigenvalue weighted by molar-refractivity contribution is 7.86. The molecule has 1 fully saturated rings. The predicted octanol–water partition coefficient (Wildman–Crippen LogP) is 2.39. The molecule has 21 heavy (non-hydrogen) atoms. The Kier molecular flexibility index (Phi) is 5.19. The summed E-state index contributed by atoms with van der Waals surface area (Å²) in [6.45, 7) is 0.431. The van der Waals surface area contributed by atoms with Gasteiger partial charge in [-0.15, -0.1) is 0 Å². The number of ether oxygens (including phenoxy) is 1. The highest BCUT2D eigenvalue weighted by Crippen LogP contribution is 2.29. The molecule has 0 bridgehead atoms. The predicted molar refractivity (Wildman–Crippen MR) is 76.9 cm³/mol. The second-order valence-electron chi connectivity index (χ2n) is 5.00. The van der Waals surface area contributed by atoms with Crippen molar-refractivity contribution in [2.75, 3.05) is 6.26 Å². The van der Waals surface area contributed by atoms with E-state index in [1.807, 2.05) is 30.3 Å². The van der Waals surface area contributed by atoms with Gasteiger partial charge in [0.05, 0.1) is 31.1 Å². The number of benzene rings is 1. The molecule has 3 atom stereocenters. The van der Waals surface area contributed by atoms with E-state index in [0.29, 0.717) is 19.4 Å². The van der Waals surface area contributed by atoms with Gasteiger partial charge in [-0.05, 0) is 17.5 Å². The molecule has 1 aliphatic carbocycles. The topological polar surface area (TPSA) is 101 Å². The molecule has 1 saturated carbocycles. The van der Waals surface area contributed by atoms with Crippen LogP contribution in [0.25, 0.3) is 10.4 Å². The minimum atomic E-state index is -3.59. The highest BCUT2D eigenvalue weighted by Gasteiger charge is 2.37. The minimum Gasteiger partial charge on any atom is -0.373 e. The molecule has 0 spiro atoms. The van der Waals surface area contributed by atoms with E-state index in [9.17, 15) is 8.42 Å². The Labute approximate surface area is 123 Å². The summed E-state index contributed by atoms with van der Waals surface area (Å²) in [5.74, 6) is 0. The monoisotopic (exact) mass is 311 g/mol. The van der Waals surface area contributed by atoms with Crippen molar-refractivity contribution in [3.63, 3.8) is 0 Å². The van der Waals surface area contributed by atoms with Gasteiger partial charge in [-0.25, -0.2) is 0 Å². The molecule has 1 aliphatic rings. The Bertz CT molecular complexity index is 614. The molecule has 114 valence electrons. The van der Waals surface area contributed by atoms with Crippen LogP contribution < -0.4 is 0 Å².